The maximum atomic E-state index is 12.0. The predicted octanol–water partition coefficient (Wildman–Crippen LogP) is 0.800. The lowest BCUT2D eigenvalue weighted by Crippen LogP contribution is -2.43. The highest BCUT2D eigenvalue weighted by molar-refractivity contribution is 5.96. The Kier molecular flexibility index (Phi) is 4.57. The van der Waals surface area contributed by atoms with E-state index in [4.69, 9.17) is 5.11 Å². The van der Waals surface area contributed by atoms with E-state index in [2.05, 4.69) is 5.32 Å². The second-order valence-corrected chi connectivity index (χ2v) is 5.20. The van der Waals surface area contributed by atoms with E-state index in [1.54, 1.807) is 18.2 Å². The Hall–Kier alpha value is -2.37. The van der Waals surface area contributed by atoms with E-state index in [1.165, 1.54) is 4.90 Å². The average Bonchev–Trinajstić information content (AvgIpc) is 3.26. The fourth-order valence-electron chi connectivity index (χ4n) is 2.10. The van der Waals surface area contributed by atoms with Gasteiger partial charge in [0.2, 0.25) is 5.91 Å². The van der Waals surface area contributed by atoms with Crippen LogP contribution in [0.3, 0.4) is 0 Å². The lowest BCUT2D eigenvalue weighted by atomic mass is 10.1. The highest BCUT2D eigenvalue weighted by Gasteiger charge is 2.33. The third-order valence-corrected chi connectivity index (χ3v) is 3.29. The minimum Gasteiger partial charge on any atom is -0.480 e. The van der Waals surface area contributed by atoms with Gasteiger partial charge < -0.3 is 15.3 Å². The Morgan fingerprint density at radius 2 is 2.05 bits per heavy atom. The smallest absolute Gasteiger partial charge is 0.323 e. The van der Waals surface area contributed by atoms with E-state index in [-0.39, 0.29) is 30.9 Å². The monoisotopic (exact) mass is 290 g/mol. The number of carbonyl (C=O) groups is 3. The van der Waals surface area contributed by atoms with Crippen LogP contribution in [-0.2, 0) is 9.59 Å². The lowest BCUT2D eigenvalue weighted by molar-refractivity contribution is -0.144. The summed E-state index contributed by atoms with van der Waals surface area (Å²) in [6.45, 7) is 1.38. The molecule has 0 radical (unpaired) electrons. The van der Waals surface area contributed by atoms with Crippen LogP contribution in [0.2, 0.25) is 0 Å². The molecule has 1 aliphatic rings. The maximum absolute atomic E-state index is 12.0. The molecule has 1 fully saturated rings. The van der Waals surface area contributed by atoms with Crippen molar-refractivity contribution in [2.45, 2.75) is 25.8 Å². The molecule has 0 aromatic heterocycles. The first-order valence-electron chi connectivity index (χ1n) is 6.83. The first-order chi connectivity index (χ1) is 9.97. The molecule has 2 rings (SSSR count). The van der Waals surface area contributed by atoms with Gasteiger partial charge >= 0.3 is 5.97 Å². The summed E-state index contributed by atoms with van der Waals surface area (Å²) < 4.78 is 0. The minimum absolute atomic E-state index is 0.00414. The number of hydrogen-bond acceptors (Lipinski definition) is 3. The molecule has 0 aliphatic heterocycles. The van der Waals surface area contributed by atoms with Gasteiger partial charge in [-0.15, -0.1) is 0 Å². The summed E-state index contributed by atoms with van der Waals surface area (Å²) in [7, 11) is 0. The second kappa shape index (κ2) is 6.39. The zero-order chi connectivity index (χ0) is 15.4. The summed E-state index contributed by atoms with van der Waals surface area (Å²) >= 11 is 0. The number of nitrogens with zero attached hydrogens (tertiary/aromatic N) is 1. The van der Waals surface area contributed by atoms with Crippen molar-refractivity contribution in [1.82, 2.24) is 10.2 Å². The van der Waals surface area contributed by atoms with Crippen LogP contribution in [-0.4, -0.2) is 46.9 Å². The molecule has 0 bridgehead atoms. The first kappa shape index (κ1) is 15.0. The van der Waals surface area contributed by atoms with Gasteiger partial charge in [0.15, 0.2) is 0 Å². The summed E-state index contributed by atoms with van der Waals surface area (Å²) in [5.74, 6) is -1.74. The Morgan fingerprint density at radius 3 is 2.62 bits per heavy atom. The van der Waals surface area contributed by atoms with Crippen LogP contribution >= 0.6 is 0 Å². The van der Waals surface area contributed by atoms with Crippen molar-refractivity contribution in [2.75, 3.05) is 13.1 Å². The van der Waals surface area contributed by atoms with Crippen LogP contribution in [0.25, 0.3) is 0 Å². The average molecular weight is 290 g/mol. The molecule has 0 spiro atoms. The van der Waals surface area contributed by atoms with Crippen LogP contribution < -0.4 is 5.32 Å². The van der Waals surface area contributed by atoms with Crippen LogP contribution in [0.15, 0.2) is 24.3 Å². The number of benzene rings is 1. The molecule has 21 heavy (non-hydrogen) atoms. The quantitative estimate of drug-likeness (QED) is 0.811. The van der Waals surface area contributed by atoms with Gasteiger partial charge in [0.1, 0.15) is 6.54 Å². The van der Waals surface area contributed by atoms with Gasteiger partial charge in [0.25, 0.3) is 5.91 Å². The van der Waals surface area contributed by atoms with Gasteiger partial charge in [-0.2, -0.15) is 0 Å². The molecule has 0 unspecified atom stereocenters. The fraction of sp³-hybridized carbons (Fsp3) is 0.400. The molecular formula is C15H18N2O4. The van der Waals surface area contributed by atoms with E-state index in [9.17, 15) is 14.4 Å². The number of carboxylic acids is 1. The molecule has 6 heteroatoms. The number of amides is 2. The van der Waals surface area contributed by atoms with Crippen LogP contribution in [0.1, 0.15) is 28.8 Å². The molecule has 0 atom stereocenters. The highest BCUT2D eigenvalue weighted by atomic mass is 16.4. The summed E-state index contributed by atoms with van der Waals surface area (Å²) in [6, 6.07) is 7.05. The number of rotatable bonds is 6. The molecule has 2 N–H and O–H groups in total. The number of aliphatic carboxylic acids is 1. The Bertz CT molecular complexity index is 567. The number of nitrogens with one attached hydrogen (secondary N) is 1. The lowest BCUT2D eigenvalue weighted by Gasteiger charge is -2.20. The summed E-state index contributed by atoms with van der Waals surface area (Å²) in [5, 5.41) is 11.4. The molecule has 1 saturated carbocycles. The standard InChI is InChI=1S/C15H18N2O4/c1-10-3-2-4-11(7-10)15(21)16-8-13(18)17(9-14(19)20)12-5-6-12/h2-4,7,12H,5-6,8-9H2,1H3,(H,16,21)(H,19,20). The number of carboxylic acid groups (broad SMARTS) is 1. The molecular weight excluding hydrogens is 272 g/mol. The third-order valence-electron chi connectivity index (χ3n) is 3.29. The van der Waals surface area contributed by atoms with Crippen LogP contribution in [0.5, 0.6) is 0 Å². The van der Waals surface area contributed by atoms with Crippen LogP contribution in [0.4, 0.5) is 0 Å². The van der Waals surface area contributed by atoms with Crippen molar-refractivity contribution in [3.63, 3.8) is 0 Å². The third kappa shape index (κ3) is 4.30. The van der Waals surface area contributed by atoms with Crippen molar-refractivity contribution in [3.8, 4) is 0 Å². The largest absolute Gasteiger partial charge is 0.480 e. The number of aryl methyl sites for hydroxylation is 1. The minimum atomic E-state index is -1.04. The zero-order valence-electron chi connectivity index (χ0n) is 11.8. The second-order valence-electron chi connectivity index (χ2n) is 5.20. The summed E-state index contributed by atoms with van der Waals surface area (Å²) in [4.78, 5) is 36.0. The maximum Gasteiger partial charge on any atom is 0.323 e. The van der Waals surface area contributed by atoms with Crippen molar-refractivity contribution >= 4 is 17.8 Å². The van der Waals surface area contributed by atoms with Gasteiger partial charge in [-0.1, -0.05) is 17.7 Å². The molecule has 0 saturated heterocycles. The van der Waals surface area contributed by atoms with E-state index in [1.807, 2.05) is 13.0 Å². The summed E-state index contributed by atoms with van der Waals surface area (Å²) in [5.41, 5.74) is 1.44. The van der Waals surface area contributed by atoms with Crippen molar-refractivity contribution in [1.29, 1.82) is 0 Å². The number of hydrogen-bond donors (Lipinski definition) is 2. The van der Waals surface area contributed by atoms with E-state index >= 15 is 0 Å². The van der Waals surface area contributed by atoms with E-state index < -0.39 is 5.97 Å². The zero-order valence-corrected chi connectivity index (χ0v) is 11.8. The van der Waals surface area contributed by atoms with Gasteiger partial charge in [-0.05, 0) is 31.9 Å². The molecule has 1 aliphatic carbocycles. The van der Waals surface area contributed by atoms with E-state index in [0.717, 1.165) is 18.4 Å². The van der Waals surface area contributed by atoms with Crippen molar-refractivity contribution in [3.05, 3.63) is 35.4 Å². The molecule has 112 valence electrons. The Labute approximate surface area is 122 Å². The molecule has 2 amide bonds. The molecule has 1 aromatic rings. The van der Waals surface area contributed by atoms with Gasteiger partial charge in [0.05, 0.1) is 6.54 Å². The Morgan fingerprint density at radius 1 is 1.33 bits per heavy atom. The SMILES string of the molecule is Cc1cccc(C(=O)NCC(=O)N(CC(=O)O)C2CC2)c1. The van der Waals surface area contributed by atoms with Crippen molar-refractivity contribution < 1.29 is 19.5 Å². The Balaban J connectivity index is 1.90. The van der Waals surface area contributed by atoms with Gasteiger partial charge in [-0.3, -0.25) is 14.4 Å². The molecule has 0 heterocycles. The van der Waals surface area contributed by atoms with Gasteiger partial charge in [0, 0.05) is 11.6 Å². The normalized spacial score (nSPS) is 13.6. The predicted molar refractivity (Wildman–Crippen MR) is 75.9 cm³/mol. The van der Waals surface area contributed by atoms with Crippen molar-refractivity contribution in [2.24, 2.45) is 0 Å². The highest BCUT2D eigenvalue weighted by Crippen LogP contribution is 2.26. The first-order valence-corrected chi connectivity index (χ1v) is 6.83. The van der Waals surface area contributed by atoms with Crippen LogP contribution in [0, 0.1) is 6.92 Å². The summed E-state index contributed by atoms with van der Waals surface area (Å²) in [6.07, 6.45) is 1.65. The fourth-order valence-corrected chi connectivity index (χ4v) is 2.10. The molecule has 1 aromatic carbocycles. The molecule has 6 nitrogen and oxygen atoms in total. The van der Waals surface area contributed by atoms with Gasteiger partial charge in [-0.25, -0.2) is 0 Å². The number of carbonyl (C=O) groups excluding carboxylic acids is 2. The topological polar surface area (TPSA) is 86.7 Å². The van der Waals surface area contributed by atoms with E-state index in [0.29, 0.717) is 5.56 Å².